The van der Waals surface area contributed by atoms with Gasteiger partial charge in [0.1, 0.15) is 5.75 Å². The van der Waals surface area contributed by atoms with E-state index in [-0.39, 0.29) is 23.2 Å². The Morgan fingerprint density at radius 1 is 1.12 bits per heavy atom. The van der Waals surface area contributed by atoms with Crippen LogP contribution in [0.4, 0.5) is 10.5 Å². The normalized spacial score (nSPS) is 18.8. The highest BCUT2D eigenvalue weighted by atomic mass is 32.2. The number of carbonyl (C=O) groups is 2. The molecule has 0 unspecified atom stereocenters. The Balaban J connectivity index is 1.71. The molecule has 166 valence electrons. The van der Waals surface area contributed by atoms with Crippen LogP contribution in [-0.4, -0.2) is 35.2 Å². The molecule has 2 aromatic rings. The van der Waals surface area contributed by atoms with E-state index in [0.717, 1.165) is 40.7 Å². The first-order valence-corrected chi connectivity index (χ1v) is 11.6. The quantitative estimate of drug-likeness (QED) is 0.529. The van der Waals surface area contributed by atoms with Crippen molar-refractivity contribution < 1.29 is 14.3 Å². The largest absolute Gasteiger partial charge is 0.496 e. The molecule has 2 amide bonds. The topological polar surface area (TPSA) is 49.9 Å². The fraction of sp³-hybridized carbons (Fsp3) is 0.308. The third-order valence-corrected chi connectivity index (χ3v) is 6.90. The molecule has 0 saturated carbocycles. The fourth-order valence-corrected chi connectivity index (χ4v) is 5.36. The summed E-state index contributed by atoms with van der Waals surface area (Å²) in [5.74, 6) is 0.412. The number of nitrogens with zero attached hydrogens (tertiary/aromatic N) is 2. The van der Waals surface area contributed by atoms with Crippen LogP contribution in [0, 0.1) is 0 Å². The van der Waals surface area contributed by atoms with Crippen LogP contribution in [0.2, 0.25) is 0 Å². The maximum atomic E-state index is 13.0. The molecule has 0 aliphatic carbocycles. The Bertz CT molecular complexity index is 1140. The molecule has 5 nitrogen and oxygen atoms in total. The number of anilines is 1. The van der Waals surface area contributed by atoms with Gasteiger partial charge in [-0.25, -0.2) is 0 Å². The van der Waals surface area contributed by atoms with E-state index in [9.17, 15) is 9.59 Å². The summed E-state index contributed by atoms with van der Waals surface area (Å²) in [6.45, 7) is 9.79. The average Bonchev–Trinajstić information content (AvgIpc) is 3.01. The van der Waals surface area contributed by atoms with Gasteiger partial charge in [-0.05, 0) is 62.7 Å². The first kappa shape index (κ1) is 22.2. The van der Waals surface area contributed by atoms with Gasteiger partial charge in [0.15, 0.2) is 0 Å². The molecule has 2 aliphatic rings. The maximum Gasteiger partial charge on any atom is 0.293 e. The summed E-state index contributed by atoms with van der Waals surface area (Å²) < 4.78 is 5.69. The third kappa shape index (κ3) is 3.95. The van der Waals surface area contributed by atoms with Crippen molar-refractivity contribution in [2.45, 2.75) is 39.8 Å². The molecule has 2 aromatic carbocycles. The van der Waals surface area contributed by atoms with Crippen LogP contribution in [0.5, 0.6) is 5.75 Å². The standard InChI is InChI=1S/C26H28N2O3S/c1-6-28-21-14-22(31-5)19(12-20(21)17(2)15-26(28,3)4)13-23-24(29)27(25(30)32-23)16-18-10-8-7-9-11-18/h7-15H,6,16H2,1-5H3/b23-13+. The number of imide groups is 1. The van der Waals surface area contributed by atoms with E-state index in [0.29, 0.717) is 10.7 Å². The molecule has 1 fully saturated rings. The minimum Gasteiger partial charge on any atom is -0.496 e. The van der Waals surface area contributed by atoms with Crippen LogP contribution in [0.25, 0.3) is 11.6 Å². The lowest BCUT2D eigenvalue weighted by molar-refractivity contribution is -0.123. The second kappa shape index (κ2) is 8.51. The van der Waals surface area contributed by atoms with Gasteiger partial charge >= 0.3 is 0 Å². The SMILES string of the molecule is CCN1c2cc(OC)c(/C=C3/SC(=O)N(Cc4ccccc4)C3=O)cc2C(C)=CC1(C)C. The molecule has 2 aliphatic heterocycles. The Morgan fingerprint density at radius 2 is 1.84 bits per heavy atom. The van der Waals surface area contributed by atoms with Gasteiger partial charge in [-0.3, -0.25) is 14.5 Å². The van der Waals surface area contributed by atoms with E-state index in [2.05, 4.69) is 44.7 Å². The highest BCUT2D eigenvalue weighted by Crippen LogP contribution is 2.43. The third-order valence-electron chi connectivity index (χ3n) is 5.99. The van der Waals surface area contributed by atoms with Crippen LogP contribution in [0.15, 0.2) is 53.4 Å². The minimum absolute atomic E-state index is 0.0988. The van der Waals surface area contributed by atoms with Crippen LogP contribution < -0.4 is 9.64 Å². The number of fused-ring (bicyclic) bond motifs is 1. The molecule has 0 radical (unpaired) electrons. The van der Waals surface area contributed by atoms with Gasteiger partial charge in [0.2, 0.25) is 0 Å². The molecular weight excluding hydrogens is 420 g/mol. The summed E-state index contributed by atoms with van der Waals surface area (Å²) in [6, 6.07) is 13.6. The number of allylic oxidation sites excluding steroid dienone is 1. The van der Waals surface area contributed by atoms with Crippen molar-refractivity contribution >= 4 is 40.2 Å². The molecule has 6 heteroatoms. The molecule has 0 bridgehead atoms. The second-order valence-corrected chi connectivity index (χ2v) is 9.58. The number of benzene rings is 2. The van der Waals surface area contributed by atoms with Crippen molar-refractivity contribution in [1.29, 1.82) is 0 Å². The van der Waals surface area contributed by atoms with Crippen molar-refractivity contribution in [2.24, 2.45) is 0 Å². The number of likely N-dealkylation sites (N-methyl/N-ethyl adjacent to an activating group) is 1. The van der Waals surface area contributed by atoms with Crippen molar-refractivity contribution in [3.05, 3.63) is 70.1 Å². The fourth-order valence-electron chi connectivity index (χ4n) is 4.53. The van der Waals surface area contributed by atoms with Gasteiger partial charge in [0.05, 0.1) is 24.1 Å². The van der Waals surface area contributed by atoms with Crippen molar-refractivity contribution in [2.75, 3.05) is 18.6 Å². The predicted molar refractivity (Wildman–Crippen MR) is 132 cm³/mol. The highest BCUT2D eigenvalue weighted by Gasteiger charge is 2.36. The lowest BCUT2D eigenvalue weighted by Crippen LogP contribution is -2.44. The maximum absolute atomic E-state index is 13.0. The monoisotopic (exact) mass is 448 g/mol. The zero-order chi connectivity index (χ0) is 23.0. The summed E-state index contributed by atoms with van der Waals surface area (Å²) >= 11 is 0.976. The molecule has 0 spiro atoms. The lowest BCUT2D eigenvalue weighted by atomic mass is 9.87. The number of hydrogen-bond donors (Lipinski definition) is 0. The number of amides is 2. The number of carbonyl (C=O) groups excluding carboxylic acids is 2. The number of rotatable bonds is 5. The van der Waals surface area contributed by atoms with E-state index < -0.39 is 0 Å². The number of thioether (sulfide) groups is 1. The van der Waals surface area contributed by atoms with Crippen molar-refractivity contribution in [1.82, 2.24) is 4.90 Å². The van der Waals surface area contributed by atoms with Gasteiger partial charge < -0.3 is 9.64 Å². The Labute approximate surface area is 193 Å². The molecule has 32 heavy (non-hydrogen) atoms. The second-order valence-electron chi connectivity index (χ2n) is 8.59. The summed E-state index contributed by atoms with van der Waals surface area (Å²) in [7, 11) is 1.63. The Morgan fingerprint density at radius 3 is 2.50 bits per heavy atom. The number of methoxy groups -OCH3 is 1. The average molecular weight is 449 g/mol. The number of hydrogen-bond acceptors (Lipinski definition) is 5. The van der Waals surface area contributed by atoms with Crippen LogP contribution in [0.1, 0.15) is 44.4 Å². The van der Waals surface area contributed by atoms with E-state index in [4.69, 9.17) is 4.74 Å². The number of ether oxygens (including phenoxy) is 1. The van der Waals surface area contributed by atoms with Crippen LogP contribution in [0.3, 0.4) is 0 Å². The van der Waals surface area contributed by atoms with E-state index in [1.165, 1.54) is 10.5 Å². The van der Waals surface area contributed by atoms with E-state index in [1.807, 2.05) is 36.4 Å². The molecular formula is C26H28N2O3S. The summed E-state index contributed by atoms with van der Waals surface area (Å²) in [5.41, 5.74) is 5.03. The van der Waals surface area contributed by atoms with Crippen molar-refractivity contribution in [3.63, 3.8) is 0 Å². The smallest absolute Gasteiger partial charge is 0.293 e. The van der Waals surface area contributed by atoms with Gasteiger partial charge in [-0.2, -0.15) is 0 Å². The van der Waals surface area contributed by atoms with Gasteiger partial charge in [-0.15, -0.1) is 0 Å². The van der Waals surface area contributed by atoms with Crippen molar-refractivity contribution in [3.8, 4) is 5.75 Å². The summed E-state index contributed by atoms with van der Waals surface area (Å²) in [4.78, 5) is 29.6. The molecule has 0 aromatic heterocycles. The summed E-state index contributed by atoms with van der Waals surface area (Å²) in [6.07, 6.45) is 4.04. The molecule has 0 N–H and O–H groups in total. The van der Waals surface area contributed by atoms with Crippen LogP contribution >= 0.6 is 11.8 Å². The van der Waals surface area contributed by atoms with Gasteiger partial charge in [-0.1, -0.05) is 36.4 Å². The summed E-state index contributed by atoms with van der Waals surface area (Å²) in [5, 5.41) is -0.253. The molecule has 4 rings (SSSR count). The first-order valence-electron chi connectivity index (χ1n) is 10.7. The Hall–Kier alpha value is -2.99. The predicted octanol–water partition coefficient (Wildman–Crippen LogP) is 5.95. The lowest BCUT2D eigenvalue weighted by Gasteiger charge is -2.43. The van der Waals surface area contributed by atoms with Gasteiger partial charge in [0, 0.05) is 29.4 Å². The highest BCUT2D eigenvalue weighted by molar-refractivity contribution is 8.18. The molecule has 2 heterocycles. The van der Waals surface area contributed by atoms with Gasteiger partial charge in [0.25, 0.3) is 11.1 Å². The molecule has 1 saturated heterocycles. The van der Waals surface area contributed by atoms with E-state index in [1.54, 1.807) is 13.2 Å². The van der Waals surface area contributed by atoms with Crippen LogP contribution in [-0.2, 0) is 11.3 Å². The minimum atomic E-state index is -0.271. The van der Waals surface area contributed by atoms with E-state index >= 15 is 0 Å². The molecule has 0 atom stereocenters. The first-order chi connectivity index (χ1) is 15.2. The Kier molecular flexibility index (Phi) is 5.91. The zero-order valence-corrected chi connectivity index (χ0v) is 20.0. The zero-order valence-electron chi connectivity index (χ0n) is 19.1.